The average Bonchev–Trinajstić information content (AvgIpc) is 3.01. The van der Waals surface area contributed by atoms with E-state index in [9.17, 15) is 4.79 Å². The Balaban J connectivity index is 1.86. The minimum atomic E-state index is -0.406. The third-order valence-electron chi connectivity index (χ3n) is 3.23. The third kappa shape index (κ3) is 5.05. The van der Waals surface area contributed by atoms with Gasteiger partial charge in [-0.2, -0.15) is 0 Å². The molecule has 0 aliphatic rings. The van der Waals surface area contributed by atoms with E-state index in [4.69, 9.17) is 9.47 Å². The van der Waals surface area contributed by atoms with Gasteiger partial charge in [-0.05, 0) is 47.5 Å². The van der Waals surface area contributed by atoms with Crippen LogP contribution in [0.3, 0.4) is 0 Å². The molecular weight excluding hydrogens is 296 g/mol. The first kappa shape index (κ1) is 16.9. The number of hydrogen-bond donors (Lipinski definition) is 0. The van der Waals surface area contributed by atoms with Gasteiger partial charge in [0, 0.05) is 6.54 Å². The Morgan fingerprint density at radius 2 is 1.96 bits per heavy atom. The van der Waals surface area contributed by atoms with Crippen LogP contribution in [-0.4, -0.2) is 32.8 Å². The van der Waals surface area contributed by atoms with E-state index >= 15 is 0 Å². The molecule has 0 aliphatic heterocycles. The number of ether oxygens (including phenoxy) is 2. The van der Waals surface area contributed by atoms with E-state index in [0.29, 0.717) is 24.5 Å². The van der Waals surface area contributed by atoms with E-state index in [1.165, 1.54) is 0 Å². The van der Waals surface area contributed by atoms with Crippen LogP contribution in [0.5, 0.6) is 5.75 Å². The van der Waals surface area contributed by atoms with Crippen LogP contribution in [0.2, 0.25) is 0 Å². The number of carbonyl (C=O) groups is 1. The van der Waals surface area contributed by atoms with Crippen LogP contribution in [0.15, 0.2) is 24.3 Å². The molecule has 0 saturated heterocycles. The molecular formula is C16H22N4O3. The molecule has 0 saturated carbocycles. The minimum Gasteiger partial charge on any atom is -0.494 e. The van der Waals surface area contributed by atoms with Crippen LogP contribution in [-0.2, 0) is 17.9 Å². The average molecular weight is 318 g/mol. The summed E-state index contributed by atoms with van der Waals surface area (Å²) in [7, 11) is 0. The molecule has 1 heterocycles. The summed E-state index contributed by atoms with van der Waals surface area (Å²) >= 11 is 0. The van der Waals surface area contributed by atoms with Crippen molar-refractivity contribution in [3.63, 3.8) is 0 Å². The van der Waals surface area contributed by atoms with Gasteiger partial charge >= 0.3 is 5.97 Å². The largest absolute Gasteiger partial charge is 0.494 e. The summed E-state index contributed by atoms with van der Waals surface area (Å²) in [5.74, 6) is 0.887. The summed E-state index contributed by atoms with van der Waals surface area (Å²) in [4.78, 5) is 12.0. The zero-order valence-corrected chi connectivity index (χ0v) is 13.6. The van der Waals surface area contributed by atoms with Crippen molar-refractivity contribution in [2.24, 2.45) is 0 Å². The molecule has 2 rings (SSSR count). The first-order chi connectivity index (χ1) is 11.2. The van der Waals surface area contributed by atoms with Crippen LogP contribution >= 0.6 is 0 Å². The first-order valence-electron chi connectivity index (χ1n) is 7.89. The zero-order valence-electron chi connectivity index (χ0n) is 13.6. The normalized spacial score (nSPS) is 10.5. The molecule has 0 amide bonds. The zero-order chi connectivity index (χ0) is 16.5. The number of carbonyl (C=O) groups excluding carboxylic acids is 1. The molecule has 7 heteroatoms. The van der Waals surface area contributed by atoms with Crippen LogP contribution in [0, 0.1) is 0 Å². The Kier molecular flexibility index (Phi) is 6.53. The van der Waals surface area contributed by atoms with Crippen molar-refractivity contribution in [2.45, 2.75) is 46.3 Å². The number of unbranched alkanes of at least 4 members (excludes halogenated alkanes) is 1. The number of hydrogen-bond acceptors (Lipinski definition) is 6. The van der Waals surface area contributed by atoms with Crippen molar-refractivity contribution in [1.29, 1.82) is 0 Å². The summed E-state index contributed by atoms with van der Waals surface area (Å²) < 4.78 is 12.5. The Morgan fingerprint density at radius 1 is 1.17 bits per heavy atom. The highest BCUT2D eigenvalue weighted by molar-refractivity contribution is 5.89. The van der Waals surface area contributed by atoms with Crippen molar-refractivity contribution in [3.8, 4) is 5.75 Å². The van der Waals surface area contributed by atoms with E-state index in [-0.39, 0.29) is 6.61 Å². The molecule has 7 nitrogen and oxygen atoms in total. The van der Waals surface area contributed by atoms with E-state index in [1.54, 1.807) is 28.9 Å². The Morgan fingerprint density at radius 3 is 2.65 bits per heavy atom. The minimum absolute atomic E-state index is 0.0561. The van der Waals surface area contributed by atoms with Gasteiger partial charge in [-0.15, -0.1) is 5.10 Å². The number of nitrogens with zero attached hydrogens (tertiary/aromatic N) is 4. The number of aryl methyl sites for hydroxylation is 1. The fourth-order valence-corrected chi connectivity index (χ4v) is 1.95. The lowest BCUT2D eigenvalue weighted by atomic mass is 10.2. The van der Waals surface area contributed by atoms with Crippen molar-refractivity contribution in [2.75, 3.05) is 6.61 Å². The Bertz CT molecular complexity index is 610. The number of esters is 1. The molecule has 1 aromatic carbocycles. The van der Waals surface area contributed by atoms with Gasteiger partial charge in [0.05, 0.1) is 12.2 Å². The summed E-state index contributed by atoms with van der Waals surface area (Å²) in [6.07, 6.45) is 3.00. The van der Waals surface area contributed by atoms with Crippen LogP contribution in [0.25, 0.3) is 0 Å². The van der Waals surface area contributed by atoms with Gasteiger partial charge in [-0.1, -0.05) is 20.3 Å². The molecule has 0 unspecified atom stereocenters. The van der Waals surface area contributed by atoms with Gasteiger partial charge in [-0.3, -0.25) is 0 Å². The monoisotopic (exact) mass is 318 g/mol. The maximum atomic E-state index is 12.0. The maximum absolute atomic E-state index is 12.0. The van der Waals surface area contributed by atoms with Gasteiger partial charge in [0.25, 0.3) is 0 Å². The highest BCUT2D eigenvalue weighted by Crippen LogP contribution is 2.14. The van der Waals surface area contributed by atoms with E-state index in [2.05, 4.69) is 22.4 Å². The quantitative estimate of drug-likeness (QED) is 0.522. The molecule has 0 spiro atoms. The lowest BCUT2D eigenvalue weighted by Crippen LogP contribution is -2.11. The van der Waals surface area contributed by atoms with Gasteiger partial charge in [-0.25, -0.2) is 9.48 Å². The van der Waals surface area contributed by atoms with E-state index in [0.717, 1.165) is 25.0 Å². The lowest BCUT2D eigenvalue weighted by Gasteiger charge is -2.07. The van der Waals surface area contributed by atoms with Crippen LogP contribution in [0.4, 0.5) is 0 Å². The summed E-state index contributed by atoms with van der Waals surface area (Å²) in [6, 6.07) is 6.93. The fourth-order valence-electron chi connectivity index (χ4n) is 1.95. The molecule has 2 aromatic rings. The predicted octanol–water partition coefficient (Wildman–Crippen LogP) is 2.62. The van der Waals surface area contributed by atoms with Gasteiger partial charge in [0.15, 0.2) is 12.4 Å². The summed E-state index contributed by atoms with van der Waals surface area (Å²) in [5, 5.41) is 11.3. The van der Waals surface area contributed by atoms with E-state index < -0.39 is 5.97 Å². The SMILES string of the molecule is CCCCOc1ccc(C(=O)OCc2nnnn2CCC)cc1. The molecule has 0 atom stereocenters. The molecule has 0 bridgehead atoms. The Labute approximate surface area is 135 Å². The molecule has 0 radical (unpaired) electrons. The fraction of sp³-hybridized carbons (Fsp3) is 0.500. The van der Waals surface area contributed by atoms with Crippen LogP contribution < -0.4 is 4.74 Å². The standard InChI is InChI=1S/C16H22N4O3/c1-3-5-11-22-14-8-6-13(7-9-14)16(21)23-12-15-17-18-19-20(15)10-4-2/h6-9H,3-5,10-12H2,1-2H3. The molecule has 0 N–H and O–H groups in total. The summed E-state index contributed by atoms with van der Waals surface area (Å²) in [6.45, 7) is 5.57. The molecule has 0 aliphatic carbocycles. The topological polar surface area (TPSA) is 79.1 Å². The van der Waals surface area contributed by atoms with Crippen molar-refractivity contribution in [1.82, 2.24) is 20.2 Å². The number of tetrazole rings is 1. The highest BCUT2D eigenvalue weighted by Gasteiger charge is 2.11. The molecule has 0 fully saturated rings. The number of benzene rings is 1. The van der Waals surface area contributed by atoms with Crippen molar-refractivity contribution >= 4 is 5.97 Å². The summed E-state index contributed by atoms with van der Waals surface area (Å²) in [5.41, 5.74) is 0.474. The lowest BCUT2D eigenvalue weighted by molar-refractivity contribution is 0.0456. The maximum Gasteiger partial charge on any atom is 0.338 e. The third-order valence-corrected chi connectivity index (χ3v) is 3.23. The number of rotatable bonds is 9. The predicted molar refractivity (Wildman–Crippen MR) is 84.1 cm³/mol. The van der Waals surface area contributed by atoms with Crippen molar-refractivity contribution < 1.29 is 14.3 Å². The molecule has 1 aromatic heterocycles. The van der Waals surface area contributed by atoms with Gasteiger partial charge in [0.1, 0.15) is 5.75 Å². The second kappa shape index (κ2) is 8.87. The van der Waals surface area contributed by atoms with Crippen molar-refractivity contribution in [3.05, 3.63) is 35.7 Å². The smallest absolute Gasteiger partial charge is 0.338 e. The van der Waals surface area contributed by atoms with E-state index in [1.807, 2.05) is 6.92 Å². The Hall–Kier alpha value is -2.44. The van der Waals surface area contributed by atoms with Gasteiger partial charge < -0.3 is 9.47 Å². The molecule has 124 valence electrons. The second-order valence-corrected chi connectivity index (χ2v) is 5.12. The first-order valence-corrected chi connectivity index (χ1v) is 7.89. The molecule has 23 heavy (non-hydrogen) atoms. The van der Waals surface area contributed by atoms with Crippen LogP contribution in [0.1, 0.15) is 49.3 Å². The highest BCUT2D eigenvalue weighted by atomic mass is 16.5. The second-order valence-electron chi connectivity index (χ2n) is 5.12. The van der Waals surface area contributed by atoms with Gasteiger partial charge in [0.2, 0.25) is 0 Å². The number of aromatic nitrogens is 4.